The maximum atomic E-state index is 11.6. The van der Waals surface area contributed by atoms with E-state index in [9.17, 15) is 4.79 Å². The maximum Gasteiger partial charge on any atom is 0.259 e. The Labute approximate surface area is 150 Å². The molecule has 1 saturated carbocycles. The fraction of sp³-hybridized carbons (Fsp3) is 0.650. The summed E-state index contributed by atoms with van der Waals surface area (Å²) in [6.07, 6.45) is 2.81. The Balaban J connectivity index is 1.55. The molecule has 138 valence electrons. The van der Waals surface area contributed by atoms with Gasteiger partial charge in [0.25, 0.3) is 5.91 Å². The number of hydrogen-bond acceptors (Lipinski definition) is 4. The molecule has 3 atom stereocenters. The highest BCUT2D eigenvalue weighted by atomic mass is 16.5. The van der Waals surface area contributed by atoms with Crippen molar-refractivity contribution in [2.75, 3.05) is 27.3 Å². The van der Waals surface area contributed by atoms with E-state index in [0.29, 0.717) is 18.1 Å². The largest absolute Gasteiger partial charge is 0.484 e. The van der Waals surface area contributed by atoms with Gasteiger partial charge >= 0.3 is 0 Å². The Bertz CT molecular complexity index is 615. The topological polar surface area (TPSA) is 50.8 Å². The van der Waals surface area contributed by atoms with E-state index in [1.807, 2.05) is 18.2 Å². The van der Waals surface area contributed by atoms with Crippen molar-refractivity contribution in [2.45, 2.75) is 45.4 Å². The van der Waals surface area contributed by atoms with Gasteiger partial charge in [0.05, 0.1) is 6.10 Å². The van der Waals surface area contributed by atoms with Crippen LogP contribution in [-0.4, -0.2) is 50.3 Å². The number of ether oxygens (including phenoxy) is 2. The molecule has 1 amide bonds. The van der Waals surface area contributed by atoms with E-state index in [-0.39, 0.29) is 17.9 Å². The number of nitrogens with zero attached hydrogens (tertiary/aromatic N) is 1. The normalized spacial score (nSPS) is 27.1. The molecule has 5 heteroatoms. The van der Waals surface area contributed by atoms with Crippen molar-refractivity contribution < 1.29 is 14.3 Å². The summed E-state index contributed by atoms with van der Waals surface area (Å²) in [5.74, 6) is 1.32. The number of carbonyl (C=O) groups excluding carboxylic acids is 1. The van der Waals surface area contributed by atoms with Gasteiger partial charge in [0.1, 0.15) is 5.75 Å². The molecule has 0 aromatic heterocycles. The molecule has 1 saturated heterocycles. The number of carbonyl (C=O) groups is 1. The lowest BCUT2D eigenvalue weighted by atomic mass is 9.55. The molecular formula is C20H30N2O3. The fourth-order valence-electron chi connectivity index (χ4n) is 4.18. The number of likely N-dealkylation sites (N-methyl/N-ethyl adjacent to an activating group) is 1. The van der Waals surface area contributed by atoms with Crippen molar-refractivity contribution in [3.05, 3.63) is 29.8 Å². The minimum atomic E-state index is -0.0388. The number of nitrogens with one attached hydrogen (secondary N) is 1. The van der Waals surface area contributed by atoms with Crippen LogP contribution in [0.1, 0.15) is 32.3 Å². The zero-order valence-corrected chi connectivity index (χ0v) is 15.7. The Morgan fingerprint density at radius 3 is 2.96 bits per heavy atom. The van der Waals surface area contributed by atoms with E-state index < -0.39 is 0 Å². The molecule has 0 bridgehead atoms. The lowest BCUT2D eigenvalue weighted by molar-refractivity contribution is -0.192. The predicted octanol–water partition coefficient (Wildman–Crippen LogP) is 2.45. The second kappa shape index (κ2) is 7.34. The first-order chi connectivity index (χ1) is 11.9. The fourth-order valence-corrected chi connectivity index (χ4v) is 4.18. The molecule has 1 aromatic carbocycles. The van der Waals surface area contributed by atoms with Crippen molar-refractivity contribution in [1.29, 1.82) is 0 Å². The highest BCUT2D eigenvalue weighted by Gasteiger charge is 2.57. The summed E-state index contributed by atoms with van der Waals surface area (Å²) in [6.45, 7) is 6.37. The molecule has 25 heavy (non-hydrogen) atoms. The Morgan fingerprint density at radius 2 is 2.20 bits per heavy atom. The van der Waals surface area contributed by atoms with Crippen molar-refractivity contribution >= 4 is 5.91 Å². The third-order valence-corrected chi connectivity index (χ3v) is 5.62. The van der Waals surface area contributed by atoms with Crippen LogP contribution < -0.4 is 10.1 Å². The van der Waals surface area contributed by atoms with Crippen LogP contribution in [0.15, 0.2) is 24.3 Å². The van der Waals surface area contributed by atoms with Crippen molar-refractivity contribution in [3.8, 4) is 5.75 Å². The van der Waals surface area contributed by atoms with E-state index in [4.69, 9.17) is 9.47 Å². The SMILES string of the molecule is CN(C)C(=O)COc1cccc(CN[C@@H]2[C@@H]3CCCO[C@H]3C2(C)C)c1. The van der Waals surface area contributed by atoms with E-state index >= 15 is 0 Å². The van der Waals surface area contributed by atoms with Crippen LogP contribution in [0.2, 0.25) is 0 Å². The van der Waals surface area contributed by atoms with Gasteiger partial charge < -0.3 is 19.7 Å². The first-order valence-corrected chi connectivity index (χ1v) is 9.16. The molecule has 1 heterocycles. The lowest BCUT2D eigenvalue weighted by Gasteiger charge is -2.60. The van der Waals surface area contributed by atoms with Crippen LogP contribution >= 0.6 is 0 Å². The number of benzene rings is 1. The third kappa shape index (κ3) is 3.82. The van der Waals surface area contributed by atoms with Crippen LogP contribution in [0, 0.1) is 11.3 Å². The van der Waals surface area contributed by atoms with E-state index in [1.165, 1.54) is 23.3 Å². The summed E-state index contributed by atoms with van der Waals surface area (Å²) in [4.78, 5) is 13.2. The first-order valence-electron chi connectivity index (χ1n) is 9.16. The average Bonchev–Trinajstić information content (AvgIpc) is 2.60. The van der Waals surface area contributed by atoms with Gasteiger partial charge in [-0.25, -0.2) is 0 Å². The van der Waals surface area contributed by atoms with Crippen molar-refractivity contribution in [3.63, 3.8) is 0 Å². The zero-order valence-electron chi connectivity index (χ0n) is 15.7. The molecular weight excluding hydrogens is 316 g/mol. The molecule has 1 aliphatic heterocycles. The molecule has 1 aromatic rings. The average molecular weight is 346 g/mol. The minimum Gasteiger partial charge on any atom is -0.484 e. The molecule has 0 unspecified atom stereocenters. The zero-order chi connectivity index (χ0) is 18.0. The van der Waals surface area contributed by atoms with Crippen LogP contribution in [0.3, 0.4) is 0 Å². The van der Waals surface area contributed by atoms with Crippen LogP contribution in [-0.2, 0) is 16.1 Å². The Morgan fingerprint density at radius 1 is 1.40 bits per heavy atom. The van der Waals surface area contributed by atoms with Gasteiger partial charge in [0, 0.05) is 44.6 Å². The summed E-state index contributed by atoms with van der Waals surface area (Å²) in [7, 11) is 3.46. The van der Waals surface area contributed by atoms with Crippen molar-refractivity contribution in [1.82, 2.24) is 10.2 Å². The molecule has 0 radical (unpaired) electrons. The Hall–Kier alpha value is -1.59. The van der Waals surface area contributed by atoms with Gasteiger partial charge in [-0.05, 0) is 30.5 Å². The summed E-state index contributed by atoms with van der Waals surface area (Å²) in [5.41, 5.74) is 1.35. The number of hydrogen-bond donors (Lipinski definition) is 1. The number of amides is 1. The summed E-state index contributed by atoms with van der Waals surface area (Å²) in [5, 5.41) is 3.72. The summed E-state index contributed by atoms with van der Waals surface area (Å²) >= 11 is 0. The number of fused-ring (bicyclic) bond motifs is 1. The number of rotatable bonds is 6. The quantitative estimate of drug-likeness (QED) is 0.860. The molecule has 2 fully saturated rings. The smallest absolute Gasteiger partial charge is 0.259 e. The van der Waals surface area contributed by atoms with Gasteiger partial charge in [-0.2, -0.15) is 0 Å². The predicted molar refractivity (Wildman–Crippen MR) is 97.5 cm³/mol. The standard InChI is InChI=1S/C20H30N2O3/c1-20(2)18(16-9-6-10-24-19(16)20)21-12-14-7-5-8-15(11-14)25-13-17(23)22(3)4/h5,7-8,11,16,18-19,21H,6,9-10,12-13H2,1-4H3/t16-,18+,19+/m0/s1. The lowest BCUT2D eigenvalue weighted by Crippen LogP contribution is -2.69. The highest BCUT2D eigenvalue weighted by molar-refractivity contribution is 5.77. The maximum absolute atomic E-state index is 11.6. The Kier molecular flexibility index (Phi) is 5.35. The van der Waals surface area contributed by atoms with Gasteiger partial charge in [-0.15, -0.1) is 0 Å². The summed E-state index contributed by atoms with van der Waals surface area (Å²) in [6, 6.07) is 8.46. The molecule has 1 N–H and O–H groups in total. The second-order valence-corrected chi connectivity index (χ2v) is 8.00. The highest BCUT2D eigenvalue weighted by Crippen LogP contribution is 2.51. The van der Waals surface area contributed by atoms with Crippen LogP contribution in [0.4, 0.5) is 0 Å². The molecule has 3 rings (SSSR count). The molecule has 1 aliphatic carbocycles. The second-order valence-electron chi connectivity index (χ2n) is 8.00. The van der Waals surface area contributed by atoms with Gasteiger partial charge in [-0.3, -0.25) is 4.79 Å². The van der Waals surface area contributed by atoms with Gasteiger partial charge in [0.2, 0.25) is 0 Å². The minimum absolute atomic E-state index is 0.0388. The molecule has 5 nitrogen and oxygen atoms in total. The summed E-state index contributed by atoms with van der Waals surface area (Å²) < 4.78 is 11.6. The first kappa shape index (κ1) is 18.2. The van der Waals surface area contributed by atoms with Gasteiger partial charge in [-0.1, -0.05) is 26.0 Å². The van der Waals surface area contributed by atoms with Gasteiger partial charge in [0.15, 0.2) is 6.61 Å². The third-order valence-electron chi connectivity index (χ3n) is 5.62. The van der Waals surface area contributed by atoms with E-state index in [2.05, 4.69) is 25.2 Å². The molecule has 0 spiro atoms. The van der Waals surface area contributed by atoms with E-state index in [1.54, 1.807) is 14.1 Å². The molecule has 2 aliphatic rings. The van der Waals surface area contributed by atoms with E-state index in [0.717, 1.165) is 18.9 Å². The van der Waals surface area contributed by atoms with Crippen LogP contribution in [0.25, 0.3) is 0 Å². The monoisotopic (exact) mass is 346 g/mol. The van der Waals surface area contributed by atoms with Crippen LogP contribution in [0.5, 0.6) is 5.75 Å². The van der Waals surface area contributed by atoms with Crippen molar-refractivity contribution in [2.24, 2.45) is 11.3 Å².